The van der Waals surface area contributed by atoms with Crippen LogP contribution in [0, 0.1) is 5.82 Å². The molecule has 0 bridgehead atoms. The summed E-state index contributed by atoms with van der Waals surface area (Å²) in [5.74, 6) is -0.515. The summed E-state index contributed by atoms with van der Waals surface area (Å²) in [5.41, 5.74) is 0.489. The number of halogens is 1. The molecule has 0 aromatic heterocycles. The number of carbonyl (C=O) groups is 1. The van der Waals surface area contributed by atoms with Crippen molar-refractivity contribution in [3.8, 4) is 0 Å². The van der Waals surface area contributed by atoms with Crippen molar-refractivity contribution in [1.29, 1.82) is 0 Å². The van der Waals surface area contributed by atoms with Gasteiger partial charge in [0, 0.05) is 5.56 Å². The Labute approximate surface area is 118 Å². The van der Waals surface area contributed by atoms with Crippen molar-refractivity contribution >= 4 is 5.91 Å². The van der Waals surface area contributed by atoms with Gasteiger partial charge in [-0.1, -0.05) is 18.2 Å². The molecule has 0 unspecified atom stereocenters. The molecule has 1 saturated heterocycles. The van der Waals surface area contributed by atoms with Gasteiger partial charge in [0.1, 0.15) is 12.4 Å². The predicted molar refractivity (Wildman–Crippen MR) is 74.8 cm³/mol. The summed E-state index contributed by atoms with van der Waals surface area (Å²) in [6.45, 7) is 3.65. The monoisotopic (exact) mass is 280 g/mol. The van der Waals surface area contributed by atoms with E-state index in [2.05, 4.69) is 10.6 Å². The number of hydrogen-bond acceptors (Lipinski definition) is 3. The van der Waals surface area contributed by atoms with Gasteiger partial charge >= 0.3 is 0 Å². The third kappa shape index (κ3) is 4.28. The van der Waals surface area contributed by atoms with Gasteiger partial charge < -0.3 is 15.4 Å². The smallest absolute Gasteiger partial charge is 0.246 e. The molecule has 1 aliphatic rings. The Bertz CT molecular complexity index is 447. The minimum atomic E-state index is -0.361. The zero-order valence-corrected chi connectivity index (χ0v) is 11.7. The molecule has 20 heavy (non-hydrogen) atoms. The molecule has 0 spiro atoms. The molecule has 110 valence electrons. The third-order valence-electron chi connectivity index (χ3n) is 3.49. The first-order valence-corrected chi connectivity index (χ1v) is 7.03. The zero-order chi connectivity index (χ0) is 14.4. The van der Waals surface area contributed by atoms with Crippen molar-refractivity contribution in [3.05, 3.63) is 35.6 Å². The summed E-state index contributed by atoms with van der Waals surface area (Å²) in [6.07, 6.45) is 2.00. The van der Waals surface area contributed by atoms with Gasteiger partial charge in [0.2, 0.25) is 5.91 Å². The quantitative estimate of drug-likeness (QED) is 0.864. The summed E-state index contributed by atoms with van der Waals surface area (Å²) < 4.78 is 19.1. The molecular formula is C15H21FN2O2. The number of ether oxygens (including phenoxy) is 1. The Morgan fingerprint density at radius 3 is 2.85 bits per heavy atom. The number of benzene rings is 1. The number of piperidine rings is 1. The van der Waals surface area contributed by atoms with E-state index in [0.29, 0.717) is 5.56 Å². The van der Waals surface area contributed by atoms with Crippen LogP contribution in [0.3, 0.4) is 0 Å². The topological polar surface area (TPSA) is 50.4 Å². The number of nitrogens with one attached hydrogen (secondary N) is 2. The fourth-order valence-corrected chi connectivity index (χ4v) is 2.34. The largest absolute Gasteiger partial charge is 0.368 e. The van der Waals surface area contributed by atoms with E-state index in [9.17, 15) is 9.18 Å². The molecule has 5 heteroatoms. The molecule has 2 N–H and O–H groups in total. The first kappa shape index (κ1) is 14.9. The minimum Gasteiger partial charge on any atom is -0.368 e. The van der Waals surface area contributed by atoms with Crippen LogP contribution in [0.25, 0.3) is 0 Å². The van der Waals surface area contributed by atoms with Gasteiger partial charge in [-0.3, -0.25) is 4.79 Å². The molecule has 1 aromatic rings. The Hall–Kier alpha value is -1.46. The molecule has 0 aliphatic carbocycles. The van der Waals surface area contributed by atoms with Crippen LogP contribution in [0.15, 0.2) is 24.3 Å². The number of hydrogen-bond donors (Lipinski definition) is 2. The Morgan fingerprint density at radius 1 is 1.45 bits per heavy atom. The van der Waals surface area contributed by atoms with Crippen molar-refractivity contribution in [2.24, 2.45) is 0 Å². The van der Waals surface area contributed by atoms with Crippen LogP contribution in [0.5, 0.6) is 0 Å². The lowest BCUT2D eigenvalue weighted by Crippen LogP contribution is -2.36. The average molecular weight is 280 g/mol. The molecule has 1 aromatic carbocycles. The summed E-state index contributed by atoms with van der Waals surface area (Å²) in [5, 5.41) is 6.00. The molecule has 1 aliphatic heterocycles. The van der Waals surface area contributed by atoms with Crippen LogP contribution < -0.4 is 10.6 Å². The molecule has 0 radical (unpaired) electrons. The number of carbonyl (C=O) groups excluding carboxylic acids is 1. The van der Waals surface area contributed by atoms with Crippen molar-refractivity contribution in [2.75, 3.05) is 19.7 Å². The fourth-order valence-electron chi connectivity index (χ4n) is 2.34. The normalized spacial score (nSPS) is 17.7. The van der Waals surface area contributed by atoms with Crippen molar-refractivity contribution in [2.45, 2.75) is 31.9 Å². The van der Waals surface area contributed by atoms with Crippen molar-refractivity contribution < 1.29 is 13.9 Å². The maximum absolute atomic E-state index is 13.6. The second-order valence-electron chi connectivity index (χ2n) is 5.07. The van der Waals surface area contributed by atoms with Gasteiger partial charge in [0.25, 0.3) is 0 Å². The van der Waals surface area contributed by atoms with Crippen LogP contribution in [0.2, 0.25) is 0 Å². The van der Waals surface area contributed by atoms with E-state index in [1.807, 2.05) is 0 Å². The van der Waals surface area contributed by atoms with E-state index in [0.717, 1.165) is 25.9 Å². The molecule has 0 saturated carbocycles. The molecular weight excluding hydrogens is 259 g/mol. The molecule has 1 amide bonds. The molecule has 1 heterocycles. The van der Waals surface area contributed by atoms with E-state index in [1.165, 1.54) is 6.07 Å². The van der Waals surface area contributed by atoms with Gasteiger partial charge in [0.05, 0.1) is 12.1 Å². The lowest BCUT2D eigenvalue weighted by Gasteiger charge is -2.23. The average Bonchev–Trinajstić information content (AvgIpc) is 2.46. The lowest BCUT2D eigenvalue weighted by atomic mass is 10.1. The third-order valence-corrected chi connectivity index (χ3v) is 3.49. The molecule has 1 fully saturated rings. The minimum absolute atomic E-state index is 0.0312. The van der Waals surface area contributed by atoms with Crippen LogP contribution >= 0.6 is 0 Å². The van der Waals surface area contributed by atoms with Crippen molar-refractivity contribution in [3.63, 3.8) is 0 Å². The highest BCUT2D eigenvalue weighted by Crippen LogP contribution is 2.16. The molecule has 2 rings (SSSR count). The van der Waals surface area contributed by atoms with Crippen molar-refractivity contribution in [1.82, 2.24) is 10.6 Å². The highest BCUT2D eigenvalue weighted by atomic mass is 19.1. The Morgan fingerprint density at radius 2 is 2.15 bits per heavy atom. The highest BCUT2D eigenvalue weighted by molar-refractivity contribution is 5.77. The first-order chi connectivity index (χ1) is 9.66. The Kier molecular flexibility index (Phi) is 5.49. The summed E-state index contributed by atoms with van der Waals surface area (Å²) in [7, 11) is 0. The second-order valence-corrected chi connectivity index (χ2v) is 5.07. The summed E-state index contributed by atoms with van der Waals surface area (Å²) >= 11 is 0. The SMILES string of the molecule is C[C@@H](NC(=O)COC1CCNCC1)c1ccccc1F. The Balaban J connectivity index is 1.77. The van der Waals surface area contributed by atoms with Crippen LogP contribution in [0.4, 0.5) is 4.39 Å². The maximum Gasteiger partial charge on any atom is 0.246 e. The molecule has 1 atom stereocenters. The standard InChI is InChI=1S/C15H21FN2O2/c1-11(13-4-2-3-5-14(13)16)18-15(19)10-20-12-6-8-17-9-7-12/h2-5,11-12,17H,6-10H2,1H3,(H,18,19)/t11-/m1/s1. The predicted octanol–water partition coefficient (Wildman–Crippen LogP) is 1.77. The van der Waals surface area contributed by atoms with E-state index < -0.39 is 0 Å². The fraction of sp³-hybridized carbons (Fsp3) is 0.533. The lowest BCUT2D eigenvalue weighted by molar-refractivity contribution is -0.128. The first-order valence-electron chi connectivity index (χ1n) is 7.03. The van der Waals surface area contributed by atoms with Crippen LogP contribution in [-0.2, 0) is 9.53 Å². The van der Waals surface area contributed by atoms with Gasteiger partial charge in [-0.2, -0.15) is 0 Å². The van der Waals surface area contributed by atoms with Gasteiger partial charge in [-0.25, -0.2) is 4.39 Å². The van der Waals surface area contributed by atoms with E-state index in [1.54, 1.807) is 25.1 Å². The zero-order valence-electron chi connectivity index (χ0n) is 11.7. The van der Waals surface area contributed by atoms with E-state index >= 15 is 0 Å². The van der Waals surface area contributed by atoms with Gasteiger partial charge in [0.15, 0.2) is 0 Å². The number of rotatable bonds is 5. The van der Waals surface area contributed by atoms with E-state index in [4.69, 9.17) is 4.74 Å². The number of amides is 1. The molecule has 4 nitrogen and oxygen atoms in total. The summed E-state index contributed by atoms with van der Waals surface area (Å²) in [4.78, 5) is 11.8. The highest BCUT2D eigenvalue weighted by Gasteiger charge is 2.17. The van der Waals surface area contributed by atoms with Gasteiger partial charge in [-0.05, 0) is 38.9 Å². The maximum atomic E-state index is 13.6. The van der Waals surface area contributed by atoms with Crippen LogP contribution in [0.1, 0.15) is 31.4 Å². The summed E-state index contributed by atoms with van der Waals surface area (Å²) in [6, 6.07) is 6.10. The second kappa shape index (κ2) is 7.36. The van der Waals surface area contributed by atoms with E-state index in [-0.39, 0.29) is 30.5 Å². The van der Waals surface area contributed by atoms with Gasteiger partial charge in [-0.15, -0.1) is 0 Å². The van der Waals surface area contributed by atoms with Crippen LogP contribution in [-0.4, -0.2) is 31.7 Å².